The number of morpholine rings is 1. The Kier molecular flexibility index (Phi) is 7.15. The number of hydrogen-bond donors (Lipinski definition) is 2. The van der Waals surface area contributed by atoms with E-state index in [0.29, 0.717) is 11.3 Å². The van der Waals surface area contributed by atoms with Gasteiger partial charge in [-0.05, 0) is 89.1 Å². The minimum Gasteiger partial charge on any atom is -0.372 e. The van der Waals surface area contributed by atoms with Gasteiger partial charge >= 0.3 is 0 Å². The molecule has 0 aliphatic carbocycles. The molecule has 0 unspecified atom stereocenters. The van der Waals surface area contributed by atoms with Crippen LogP contribution in [0, 0.1) is 13.8 Å². The average Bonchev–Trinajstić information content (AvgIpc) is 2.69. The van der Waals surface area contributed by atoms with Crippen LogP contribution in [0.4, 0.5) is 17.1 Å². The molecule has 7 nitrogen and oxygen atoms in total. The number of nitrogens with one attached hydrogen (secondary N) is 2. The largest absolute Gasteiger partial charge is 0.372 e. The Morgan fingerprint density at radius 1 is 1.03 bits per heavy atom. The minimum atomic E-state index is -3.43. The van der Waals surface area contributed by atoms with Crippen LogP contribution in [-0.4, -0.2) is 44.9 Å². The molecule has 1 heterocycles. The normalized spacial score (nSPS) is 19.2. The summed E-state index contributed by atoms with van der Waals surface area (Å²) in [5.74, 6) is -0.243. The molecular weight excluding hydrogens is 426 g/mol. The highest BCUT2D eigenvalue weighted by atomic mass is 32.2. The monoisotopic (exact) mass is 459 g/mol. The van der Waals surface area contributed by atoms with Gasteiger partial charge in [0.1, 0.15) is 0 Å². The first-order valence-corrected chi connectivity index (χ1v) is 12.5. The molecule has 0 radical (unpaired) electrons. The van der Waals surface area contributed by atoms with Gasteiger partial charge in [0.05, 0.1) is 17.5 Å². The number of ether oxygens (including phenoxy) is 1. The van der Waals surface area contributed by atoms with E-state index in [9.17, 15) is 13.2 Å². The number of anilines is 3. The number of sulfonamides is 1. The summed E-state index contributed by atoms with van der Waals surface area (Å²) in [7, 11) is -3.43. The number of nitrogens with zero attached hydrogens (tertiary/aromatic N) is 1. The molecule has 32 heavy (non-hydrogen) atoms. The van der Waals surface area contributed by atoms with E-state index < -0.39 is 15.3 Å². The number of amides is 1. The first-order valence-electron chi connectivity index (χ1n) is 10.9. The fraction of sp³-hybridized carbons (Fsp3) is 0.458. The third kappa shape index (κ3) is 5.61. The van der Waals surface area contributed by atoms with Crippen molar-refractivity contribution in [2.24, 2.45) is 0 Å². The van der Waals surface area contributed by atoms with E-state index >= 15 is 0 Å². The molecular formula is C24H33N3O4S. The Morgan fingerprint density at radius 2 is 1.62 bits per heavy atom. The van der Waals surface area contributed by atoms with E-state index in [1.165, 1.54) is 0 Å². The molecule has 1 aliphatic rings. The number of hydrogen-bond acceptors (Lipinski definition) is 5. The maximum Gasteiger partial charge on any atom is 0.255 e. The molecule has 1 aliphatic heterocycles. The summed E-state index contributed by atoms with van der Waals surface area (Å²) in [4.78, 5) is 15.1. The summed E-state index contributed by atoms with van der Waals surface area (Å²) < 4.78 is 32.4. The predicted molar refractivity (Wildman–Crippen MR) is 130 cm³/mol. The molecule has 0 aromatic heterocycles. The lowest BCUT2D eigenvalue weighted by atomic mass is 10.1. The van der Waals surface area contributed by atoms with Gasteiger partial charge < -0.3 is 15.0 Å². The third-order valence-corrected chi connectivity index (χ3v) is 7.34. The Hall–Kier alpha value is -2.58. The molecule has 2 N–H and O–H groups in total. The van der Waals surface area contributed by atoms with Crippen LogP contribution in [0.2, 0.25) is 0 Å². The second-order valence-corrected chi connectivity index (χ2v) is 11.1. The SMILES string of the molecule is Cc1cc(N2C[C@@H](C)O[C@@H](C)C2)c(C)cc1NC(=O)c1ccc(NS(=O)(=O)C(C)C)cc1. The molecule has 1 fully saturated rings. The molecule has 8 heteroatoms. The zero-order chi connectivity index (χ0) is 23.6. The van der Waals surface area contributed by atoms with Crippen LogP contribution in [-0.2, 0) is 14.8 Å². The van der Waals surface area contributed by atoms with Crippen molar-refractivity contribution in [2.45, 2.75) is 59.0 Å². The van der Waals surface area contributed by atoms with Crippen molar-refractivity contribution in [3.63, 3.8) is 0 Å². The standard InChI is InChI=1S/C24H33N3O4S/c1-15(2)32(29,30)26-21-9-7-20(8-10-21)24(28)25-22-11-17(4)23(12-16(22)3)27-13-18(5)31-19(6)14-27/h7-12,15,18-19,26H,13-14H2,1-6H3,(H,25,28)/t18-,19+. The van der Waals surface area contributed by atoms with Crippen LogP contribution in [0.1, 0.15) is 49.2 Å². The van der Waals surface area contributed by atoms with Gasteiger partial charge in [0.2, 0.25) is 10.0 Å². The average molecular weight is 460 g/mol. The second-order valence-electron chi connectivity index (χ2n) is 8.84. The van der Waals surface area contributed by atoms with Gasteiger partial charge in [-0.2, -0.15) is 0 Å². The van der Waals surface area contributed by atoms with Gasteiger partial charge in [-0.15, -0.1) is 0 Å². The van der Waals surface area contributed by atoms with Gasteiger partial charge in [0.25, 0.3) is 5.91 Å². The molecule has 2 aromatic rings. The molecule has 0 spiro atoms. The van der Waals surface area contributed by atoms with E-state index in [-0.39, 0.29) is 18.1 Å². The summed E-state index contributed by atoms with van der Waals surface area (Å²) >= 11 is 0. The lowest BCUT2D eigenvalue weighted by Crippen LogP contribution is -2.45. The molecule has 0 saturated carbocycles. The van der Waals surface area contributed by atoms with Crippen LogP contribution < -0.4 is 14.9 Å². The van der Waals surface area contributed by atoms with Gasteiger partial charge in [-0.3, -0.25) is 9.52 Å². The molecule has 2 aromatic carbocycles. The molecule has 174 valence electrons. The first-order chi connectivity index (χ1) is 15.0. The summed E-state index contributed by atoms with van der Waals surface area (Å²) in [5.41, 5.74) is 4.87. The van der Waals surface area contributed by atoms with Crippen LogP contribution in [0.3, 0.4) is 0 Å². The lowest BCUT2D eigenvalue weighted by molar-refractivity contribution is -0.00525. The van der Waals surface area contributed by atoms with Gasteiger partial charge in [-0.1, -0.05) is 0 Å². The number of aryl methyl sites for hydroxylation is 2. The van der Waals surface area contributed by atoms with Crippen molar-refractivity contribution >= 4 is 33.0 Å². The van der Waals surface area contributed by atoms with E-state index in [2.05, 4.69) is 34.9 Å². The van der Waals surface area contributed by atoms with E-state index in [1.807, 2.05) is 19.9 Å². The zero-order valence-electron chi connectivity index (χ0n) is 19.6. The second kappa shape index (κ2) is 9.50. The molecule has 1 saturated heterocycles. The van der Waals surface area contributed by atoms with Crippen LogP contribution in [0.5, 0.6) is 0 Å². The van der Waals surface area contributed by atoms with E-state index in [0.717, 1.165) is 35.6 Å². The Morgan fingerprint density at radius 3 is 2.19 bits per heavy atom. The number of carbonyl (C=O) groups is 1. The third-order valence-electron chi connectivity index (χ3n) is 5.58. The van der Waals surface area contributed by atoms with Crippen molar-refractivity contribution in [1.29, 1.82) is 0 Å². The Bertz CT molecular complexity index is 1070. The fourth-order valence-corrected chi connectivity index (χ4v) is 4.52. The van der Waals surface area contributed by atoms with Crippen molar-refractivity contribution in [1.82, 2.24) is 0 Å². The molecule has 1 amide bonds. The van der Waals surface area contributed by atoms with Crippen molar-refractivity contribution < 1.29 is 17.9 Å². The Labute approximate surface area is 191 Å². The highest BCUT2D eigenvalue weighted by Gasteiger charge is 2.24. The van der Waals surface area contributed by atoms with Gasteiger partial charge in [0, 0.05) is 35.7 Å². The van der Waals surface area contributed by atoms with Crippen molar-refractivity contribution in [2.75, 3.05) is 28.0 Å². The topological polar surface area (TPSA) is 87.7 Å². The maximum absolute atomic E-state index is 12.8. The van der Waals surface area contributed by atoms with Gasteiger partial charge in [-0.25, -0.2) is 8.42 Å². The summed E-state index contributed by atoms with van der Waals surface area (Å²) in [6.45, 7) is 13.1. The molecule has 2 atom stereocenters. The minimum absolute atomic E-state index is 0.172. The molecule has 0 bridgehead atoms. The summed E-state index contributed by atoms with van der Waals surface area (Å²) in [6, 6.07) is 10.5. The summed E-state index contributed by atoms with van der Waals surface area (Å²) in [6.07, 6.45) is 0.344. The Balaban J connectivity index is 1.73. The smallest absolute Gasteiger partial charge is 0.255 e. The first kappa shape index (κ1) is 24.1. The predicted octanol–water partition coefficient (Wildman–Crippen LogP) is 4.32. The van der Waals surface area contributed by atoms with E-state index in [1.54, 1.807) is 38.1 Å². The number of rotatable bonds is 6. The number of benzene rings is 2. The maximum atomic E-state index is 12.8. The van der Waals surface area contributed by atoms with Crippen LogP contribution >= 0.6 is 0 Å². The van der Waals surface area contributed by atoms with Crippen LogP contribution in [0.25, 0.3) is 0 Å². The van der Waals surface area contributed by atoms with Gasteiger partial charge in [0.15, 0.2) is 0 Å². The van der Waals surface area contributed by atoms with Crippen molar-refractivity contribution in [3.05, 3.63) is 53.1 Å². The highest BCUT2D eigenvalue weighted by molar-refractivity contribution is 7.93. The highest BCUT2D eigenvalue weighted by Crippen LogP contribution is 2.30. The quantitative estimate of drug-likeness (QED) is 0.672. The van der Waals surface area contributed by atoms with E-state index in [4.69, 9.17) is 4.74 Å². The lowest BCUT2D eigenvalue weighted by Gasteiger charge is -2.38. The fourth-order valence-electron chi connectivity index (χ4n) is 3.82. The zero-order valence-corrected chi connectivity index (χ0v) is 20.4. The number of carbonyl (C=O) groups excluding carboxylic acids is 1. The van der Waals surface area contributed by atoms with Crippen molar-refractivity contribution in [3.8, 4) is 0 Å². The summed E-state index contributed by atoms with van der Waals surface area (Å²) in [5, 5.41) is 2.44. The molecule has 3 rings (SSSR count). The van der Waals surface area contributed by atoms with Crippen LogP contribution in [0.15, 0.2) is 36.4 Å².